The van der Waals surface area contributed by atoms with E-state index in [2.05, 4.69) is 24.8 Å². The molecule has 4 heterocycles. The molecular weight excluding hydrogens is 410 g/mol. The molecule has 0 N–H and O–H groups in total. The fourth-order valence-electron chi connectivity index (χ4n) is 3.97. The van der Waals surface area contributed by atoms with Crippen LogP contribution in [0.4, 0.5) is 5.95 Å². The van der Waals surface area contributed by atoms with Crippen LogP contribution in [0.5, 0.6) is 0 Å². The predicted molar refractivity (Wildman–Crippen MR) is 106 cm³/mol. The summed E-state index contributed by atoms with van der Waals surface area (Å²) in [5.41, 5.74) is 0.590. The number of hydrogen-bond donors (Lipinski definition) is 0. The summed E-state index contributed by atoms with van der Waals surface area (Å²) in [6, 6.07) is 4.72. The van der Waals surface area contributed by atoms with Gasteiger partial charge in [-0.05, 0) is 22.4 Å². The summed E-state index contributed by atoms with van der Waals surface area (Å²) in [6.45, 7) is 2.93. The Morgan fingerprint density at radius 3 is 2.60 bits per heavy atom. The summed E-state index contributed by atoms with van der Waals surface area (Å²) in [4.78, 5) is 21.2. The molecule has 5 rings (SSSR count). The van der Waals surface area contributed by atoms with Crippen LogP contribution in [0.3, 0.4) is 0 Å². The van der Waals surface area contributed by atoms with Gasteiger partial charge in [-0.15, -0.1) is 0 Å². The fraction of sp³-hybridized carbons (Fsp3) is 0.444. The zero-order chi connectivity index (χ0) is 20.9. The minimum atomic E-state index is -3.76. The Hall–Kier alpha value is -2.99. The van der Waals surface area contributed by atoms with E-state index in [1.54, 1.807) is 18.3 Å². The van der Waals surface area contributed by atoms with Crippen molar-refractivity contribution in [3.8, 4) is 0 Å². The zero-order valence-corrected chi connectivity index (χ0v) is 17.2. The van der Waals surface area contributed by atoms with E-state index in [0.717, 1.165) is 5.95 Å². The molecule has 0 spiro atoms. The molecule has 0 bridgehead atoms. The molecule has 2 fully saturated rings. The van der Waals surface area contributed by atoms with Crippen LogP contribution in [0.1, 0.15) is 0 Å². The number of rotatable bonds is 4. The molecule has 2 aliphatic rings. The van der Waals surface area contributed by atoms with Crippen LogP contribution < -0.4 is 4.90 Å². The smallest absolute Gasteiger partial charge is 0.245 e. The highest BCUT2D eigenvalue weighted by Crippen LogP contribution is 2.30. The van der Waals surface area contributed by atoms with Crippen LogP contribution in [-0.2, 0) is 21.9 Å². The third-order valence-electron chi connectivity index (χ3n) is 5.73. The summed E-state index contributed by atoms with van der Waals surface area (Å²) >= 11 is 0. The topological polar surface area (TPSA) is 118 Å². The van der Waals surface area contributed by atoms with Gasteiger partial charge in [0, 0.05) is 58.7 Å². The summed E-state index contributed by atoms with van der Waals surface area (Å²) in [6.07, 6.45) is 3.65. The summed E-state index contributed by atoms with van der Waals surface area (Å²) < 4.78 is 33.8. The number of benzene rings is 1. The van der Waals surface area contributed by atoms with Crippen LogP contribution in [-0.4, -0.2) is 82.7 Å². The molecule has 1 aromatic carbocycles. The molecule has 0 aliphatic carbocycles. The predicted octanol–water partition coefficient (Wildman–Crippen LogP) is -0.0744. The number of fused-ring (bicyclic) bond motifs is 1. The number of carbonyl (C=O) groups is 1. The van der Waals surface area contributed by atoms with Crippen LogP contribution in [0.25, 0.3) is 11.0 Å². The molecule has 2 aromatic heterocycles. The number of carbonyl (C=O) groups excluding carboxylic acids is 1. The number of aromatic nitrogens is 4. The molecule has 158 valence electrons. The molecule has 30 heavy (non-hydrogen) atoms. The maximum absolute atomic E-state index is 13.0. The summed E-state index contributed by atoms with van der Waals surface area (Å²) in [7, 11) is -1.81. The van der Waals surface area contributed by atoms with Gasteiger partial charge in [0.2, 0.25) is 21.9 Å². The lowest BCUT2D eigenvalue weighted by Gasteiger charge is -2.42. The van der Waals surface area contributed by atoms with E-state index < -0.39 is 10.0 Å². The maximum Gasteiger partial charge on any atom is 0.245 e. The van der Waals surface area contributed by atoms with Crippen LogP contribution in [0.2, 0.25) is 0 Å². The highest BCUT2D eigenvalue weighted by Gasteiger charge is 2.43. The van der Waals surface area contributed by atoms with Gasteiger partial charge < -0.3 is 14.4 Å². The lowest BCUT2D eigenvalue weighted by molar-refractivity contribution is -0.139. The van der Waals surface area contributed by atoms with Crippen molar-refractivity contribution in [2.24, 2.45) is 13.0 Å². The first-order valence-corrected chi connectivity index (χ1v) is 11.1. The van der Waals surface area contributed by atoms with Gasteiger partial charge in [0.15, 0.2) is 5.52 Å². The molecule has 12 heteroatoms. The van der Waals surface area contributed by atoms with Gasteiger partial charge in [-0.3, -0.25) is 4.79 Å². The van der Waals surface area contributed by atoms with E-state index in [1.807, 2.05) is 22.7 Å². The number of hydrogen-bond acceptors (Lipinski definition) is 8. The van der Waals surface area contributed by atoms with Gasteiger partial charge >= 0.3 is 0 Å². The van der Waals surface area contributed by atoms with Crippen molar-refractivity contribution in [2.75, 3.05) is 44.2 Å². The number of nitrogens with zero attached hydrogens (tertiary/aromatic N) is 7. The van der Waals surface area contributed by atoms with E-state index in [9.17, 15) is 13.2 Å². The first-order valence-electron chi connectivity index (χ1n) is 9.67. The SMILES string of the molecule is Cn1ccnc1N1CCN(C(=O)C2CN(S(=O)(=O)c3cccc4nonc34)C2)CC1. The third-order valence-corrected chi connectivity index (χ3v) is 7.60. The average Bonchev–Trinajstić information content (AvgIpc) is 3.35. The molecule has 1 amide bonds. The quantitative estimate of drug-likeness (QED) is 0.563. The molecule has 0 unspecified atom stereocenters. The normalized spacial score (nSPS) is 18.7. The van der Waals surface area contributed by atoms with Crippen molar-refractivity contribution in [3.63, 3.8) is 0 Å². The number of sulfonamides is 1. The second kappa shape index (κ2) is 7.06. The molecule has 0 atom stereocenters. The Morgan fingerprint density at radius 1 is 1.13 bits per heavy atom. The maximum atomic E-state index is 13.0. The van der Waals surface area contributed by atoms with Crippen LogP contribution in [0, 0.1) is 5.92 Å². The van der Waals surface area contributed by atoms with Crippen LogP contribution in [0.15, 0.2) is 40.1 Å². The molecular formula is C18H21N7O4S. The van der Waals surface area contributed by atoms with Crippen LogP contribution >= 0.6 is 0 Å². The van der Waals surface area contributed by atoms with E-state index in [4.69, 9.17) is 0 Å². The minimum Gasteiger partial charge on any atom is -0.339 e. The molecule has 2 aliphatic heterocycles. The second-order valence-electron chi connectivity index (χ2n) is 7.56. The Kier molecular flexibility index (Phi) is 4.47. The first-order chi connectivity index (χ1) is 14.4. The van der Waals surface area contributed by atoms with E-state index in [0.29, 0.717) is 31.7 Å². The highest BCUT2D eigenvalue weighted by atomic mass is 32.2. The van der Waals surface area contributed by atoms with Gasteiger partial charge in [0.1, 0.15) is 10.4 Å². The molecule has 3 aromatic rings. The number of aryl methyl sites for hydroxylation is 1. The fourth-order valence-corrected chi connectivity index (χ4v) is 5.63. The van der Waals surface area contributed by atoms with Crippen molar-refractivity contribution in [1.29, 1.82) is 0 Å². The standard InChI is InChI=1S/C18H21N7O4S/c1-22-6-5-19-18(22)24-9-7-23(8-10-24)17(26)13-11-25(12-13)30(27,28)15-4-2-3-14-16(15)21-29-20-14/h2-6,13H,7-12H2,1H3. The lowest BCUT2D eigenvalue weighted by Crippen LogP contribution is -2.59. The van der Waals surface area contributed by atoms with Gasteiger partial charge in [-0.1, -0.05) is 6.07 Å². The molecule has 0 saturated carbocycles. The highest BCUT2D eigenvalue weighted by molar-refractivity contribution is 7.89. The van der Waals surface area contributed by atoms with Crippen molar-refractivity contribution in [2.45, 2.75) is 4.90 Å². The van der Waals surface area contributed by atoms with E-state index in [-0.39, 0.29) is 35.3 Å². The molecule has 2 saturated heterocycles. The second-order valence-corrected chi connectivity index (χ2v) is 9.46. The Bertz CT molecular complexity index is 1190. The number of amides is 1. The summed E-state index contributed by atoms with van der Waals surface area (Å²) in [5, 5.41) is 7.40. The Labute approximate surface area is 172 Å². The van der Waals surface area contributed by atoms with Crippen molar-refractivity contribution < 1.29 is 17.8 Å². The minimum absolute atomic E-state index is 0.00208. The average molecular weight is 431 g/mol. The molecule has 11 nitrogen and oxygen atoms in total. The van der Waals surface area contributed by atoms with E-state index >= 15 is 0 Å². The Balaban J connectivity index is 1.21. The first kappa shape index (κ1) is 19.0. The van der Waals surface area contributed by atoms with Crippen molar-refractivity contribution in [3.05, 3.63) is 30.6 Å². The number of piperazine rings is 1. The van der Waals surface area contributed by atoms with Crippen molar-refractivity contribution >= 4 is 32.9 Å². The lowest BCUT2D eigenvalue weighted by atomic mass is 10.0. The monoisotopic (exact) mass is 431 g/mol. The third kappa shape index (κ3) is 3.03. The van der Waals surface area contributed by atoms with Gasteiger partial charge in [0.25, 0.3) is 0 Å². The largest absolute Gasteiger partial charge is 0.339 e. The van der Waals surface area contributed by atoms with Gasteiger partial charge in [0.05, 0.1) is 5.92 Å². The Morgan fingerprint density at radius 2 is 1.90 bits per heavy atom. The van der Waals surface area contributed by atoms with Gasteiger partial charge in [-0.25, -0.2) is 18.0 Å². The number of imidazole rings is 1. The van der Waals surface area contributed by atoms with E-state index in [1.165, 1.54) is 10.4 Å². The van der Waals surface area contributed by atoms with Gasteiger partial charge in [-0.2, -0.15) is 4.31 Å². The molecule has 0 radical (unpaired) electrons. The van der Waals surface area contributed by atoms with Crippen molar-refractivity contribution in [1.82, 2.24) is 29.1 Å². The number of anilines is 1. The summed E-state index contributed by atoms with van der Waals surface area (Å²) in [5.74, 6) is 0.566. The zero-order valence-electron chi connectivity index (χ0n) is 16.4.